The molecule has 1 heterocycles. The van der Waals surface area contributed by atoms with Crippen molar-refractivity contribution in [3.8, 4) is 22.4 Å². The summed E-state index contributed by atoms with van der Waals surface area (Å²) >= 11 is 0. The lowest BCUT2D eigenvalue weighted by molar-refractivity contribution is 0.0417. The summed E-state index contributed by atoms with van der Waals surface area (Å²) in [6, 6.07) is 14.8. The van der Waals surface area contributed by atoms with Crippen LogP contribution in [0, 0.1) is 31.4 Å². The maximum absolute atomic E-state index is 15.1. The van der Waals surface area contributed by atoms with E-state index >= 15 is 4.39 Å². The van der Waals surface area contributed by atoms with Crippen molar-refractivity contribution in [2.24, 2.45) is 5.92 Å². The predicted molar refractivity (Wildman–Crippen MR) is 216 cm³/mol. The fourth-order valence-corrected chi connectivity index (χ4v) is 7.01. The van der Waals surface area contributed by atoms with Gasteiger partial charge in [-0.05, 0) is 137 Å². The van der Waals surface area contributed by atoms with E-state index < -0.39 is 47.1 Å². The van der Waals surface area contributed by atoms with Gasteiger partial charge in [-0.2, -0.15) is 0 Å². The van der Waals surface area contributed by atoms with Crippen LogP contribution in [0.1, 0.15) is 112 Å². The molecule has 4 amide bonds. The van der Waals surface area contributed by atoms with E-state index in [9.17, 15) is 33.8 Å². The molecule has 0 aliphatic heterocycles. The van der Waals surface area contributed by atoms with Gasteiger partial charge in [0.1, 0.15) is 11.6 Å². The number of aliphatic hydroxyl groups is 2. The van der Waals surface area contributed by atoms with Crippen molar-refractivity contribution in [3.05, 3.63) is 112 Å². The number of aliphatic hydroxyl groups excluding tert-OH is 1. The number of halogens is 2. The first-order chi connectivity index (χ1) is 27.5. The fraction of sp³-hybridized carbons (Fsp3) is 0.400. The largest absolute Gasteiger partial charge is 0.391 e. The molecular formula is C45H51F2N5O6. The molecule has 306 valence electrons. The Bertz CT molecular complexity index is 2190. The molecule has 5 atom stereocenters. The first-order valence-electron chi connectivity index (χ1n) is 19.8. The molecule has 2 fully saturated rings. The van der Waals surface area contributed by atoms with Crippen LogP contribution in [0.5, 0.6) is 0 Å². The zero-order valence-corrected chi connectivity index (χ0v) is 33.4. The third-order valence-corrected chi connectivity index (χ3v) is 11.0. The quantitative estimate of drug-likeness (QED) is 0.0788. The summed E-state index contributed by atoms with van der Waals surface area (Å²) < 4.78 is 29.9. The molecule has 5 unspecified atom stereocenters. The van der Waals surface area contributed by atoms with Gasteiger partial charge >= 0.3 is 0 Å². The van der Waals surface area contributed by atoms with E-state index in [0.717, 1.165) is 19.3 Å². The highest BCUT2D eigenvalue weighted by Crippen LogP contribution is 2.38. The second-order valence-corrected chi connectivity index (χ2v) is 16.1. The number of benzene rings is 3. The topological polar surface area (TPSA) is 170 Å². The molecular weight excluding hydrogens is 745 g/mol. The van der Waals surface area contributed by atoms with Crippen molar-refractivity contribution in [1.29, 1.82) is 0 Å². The molecule has 4 aromatic rings. The van der Waals surface area contributed by atoms with Gasteiger partial charge in [-0.25, -0.2) is 8.78 Å². The minimum atomic E-state index is -1.29. The minimum Gasteiger partial charge on any atom is -0.391 e. The standard InChI is InChI=1S/C45H51F2N5O6/c1-6-7-40(53)26(4)50-42(55)29-12-15-38(48-22-29)35-17-31(19-37(47)25(35)3)44(57)52-39-20-32(39)21-45(5,58)23-49-41(54)28-10-8-27(9-11-28)34-16-30(18-36(46)24(34)2)43(56)51-33-13-14-33/h8-12,15-19,22,26,32-33,39-40,53,58H,6-7,13-14,20-21,23H2,1-5H3,(H,49,54)(H,50,55)(H,51,56)(H,52,57). The average Bonchev–Trinajstić information content (AvgIpc) is 4.14. The first-order valence-corrected chi connectivity index (χ1v) is 19.8. The molecule has 2 saturated carbocycles. The van der Waals surface area contributed by atoms with Gasteiger partial charge in [-0.1, -0.05) is 25.5 Å². The Morgan fingerprint density at radius 3 is 2.03 bits per heavy atom. The second-order valence-electron chi connectivity index (χ2n) is 16.1. The summed E-state index contributed by atoms with van der Waals surface area (Å²) in [4.78, 5) is 56.0. The number of carbonyl (C=O) groups is 4. The van der Waals surface area contributed by atoms with Crippen LogP contribution in [0.3, 0.4) is 0 Å². The Labute approximate surface area is 337 Å². The summed E-state index contributed by atoms with van der Waals surface area (Å²) in [7, 11) is 0. The van der Waals surface area contributed by atoms with Crippen molar-refractivity contribution in [2.45, 2.75) is 103 Å². The molecule has 6 rings (SSSR count). The summed E-state index contributed by atoms with van der Waals surface area (Å²) in [6.45, 7) is 8.46. The normalized spacial score (nSPS) is 18.0. The monoisotopic (exact) mass is 795 g/mol. The van der Waals surface area contributed by atoms with Crippen molar-refractivity contribution in [3.63, 3.8) is 0 Å². The Morgan fingerprint density at radius 2 is 1.43 bits per heavy atom. The van der Waals surface area contributed by atoms with Crippen molar-refractivity contribution in [1.82, 2.24) is 26.3 Å². The van der Waals surface area contributed by atoms with Gasteiger partial charge in [-0.3, -0.25) is 24.2 Å². The molecule has 1 aromatic heterocycles. The van der Waals surface area contributed by atoms with Crippen LogP contribution in [0.4, 0.5) is 8.78 Å². The van der Waals surface area contributed by atoms with Crippen LogP contribution in [-0.4, -0.2) is 75.2 Å². The number of hydrogen-bond acceptors (Lipinski definition) is 7. The van der Waals surface area contributed by atoms with E-state index in [4.69, 9.17) is 0 Å². The van der Waals surface area contributed by atoms with E-state index in [-0.39, 0.29) is 47.1 Å². The molecule has 0 radical (unpaired) electrons. The van der Waals surface area contributed by atoms with Crippen molar-refractivity contribution >= 4 is 23.6 Å². The number of rotatable bonds is 16. The van der Waals surface area contributed by atoms with Gasteiger partial charge < -0.3 is 31.5 Å². The van der Waals surface area contributed by atoms with Crippen LogP contribution in [0.2, 0.25) is 0 Å². The molecule has 0 saturated heterocycles. The van der Waals surface area contributed by atoms with Crippen LogP contribution in [-0.2, 0) is 0 Å². The molecule has 13 heteroatoms. The molecule has 3 aromatic carbocycles. The third-order valence-electron chi connectivity index (χ3n) is 11.0. The van der Waals surface area contributed by atoms with Gasteiger partial charge in [0.2, 0.25) is 0 Å². The molecule has 6 N–H and O–H groups in total. The minimum absolute atomic E-state index is 0.0486. The molecule has 58 heavy (non-hydrogen) atoms. The molecule has 2 aliphatic carbocycles. The van der Waals surface area contributed by atoms with E-state index in [2.05, 4.69) is 26.3 Å². The second kappa shape index (κ2) is 17.5. The summed E-state index contributed by atoms with van der Waals surface area (Å²) in [5, 5.41) is 32.7. The molecule has 0 spiro atoms. The number of amides is 4. The van der Waals surface area contributed by atoms with E-state index in [1.54, 1.807) is 76.2 Å². The van der Waals surface area contributed by atoms with Gasteiger partial charge in [-0.15, -0.1) is 0 Å². The number of carbonyl (C=O) groups excluding carboxylic acids is 4. The fourth-order valence-electron chi connectivity index (χ4n) is 7.01. The summed E-state index contributed by atoms with van der Waals surface area (Å²) in [5.74, 6) is -2.75. The predicted octanol–water partition coefficient (Wildman–Crippen LogP) is 6.17. The van der Waals surface area contributed by atoms with E-state index in [1.807, 2.05) is 6.92 Å². The Balaban J connectivity index is 1.01. The van der Waals surface area contributed by atoms with Crippen LogP contribution >= 0.6 is 0 Å². The van der Waals surface area contributed by atoms with Gasteiger partial charge in [0.25, 0.3) is 23.6 Å². The van der Waals surface area contributed by atoms with Crippen LogP contribution in [0.25, 0.3) is 22.4 Å². The maximum Gasteiger partial charge on any atom is 0.253 e. The first kappa shape index (κ1) is 42.1. The van der Waals surface area contributed by atoms with Gasteiger partial charge in [0, 0.05) is 47.1 Å². The number of nitrogens with zero attached hydrogens (tertiary/aromatic N) is 1. The Kier molecular flexibility index (Phi) is 12.7. The highest BCUT2D eigenvalue weighted by Gasteiger charge is 2.43. The van der Waals surface area contributed by atoms with Crippen LogP contribution < -0.4 is 21.3 Å². The van der Waals surface area contributed by atoms with Crippen LogP contribution in [0.15, 0.2) is 66.9 Å². The summed E-state index contributed by atoms with van der Waals surface area (Å²) in [6.07, 6.45) is 4.76. The zero-order valence-electron chi connectivity index (χ0n) is 33.4. The molecule has 0 bridgehead atoms. The highest BCUT2D eigenvalue weighted by molar-refractivity contribution is 5.98. The number of hydrogen-bond donors (Lipinski definition) is 6. The lowest BCUT2D eigenvalue weighted by atomic mass is 9.96. The number of nitrogens with one attached hydrogen (secondary N) is 4. The van der Waals surface area contributed by atoms with E-state index in [0.29, 0.717) is 58.3 Å². The van der Waals surface area contributed by atoms with Crippen molar-refractivity contribution in [2.75, 3.05) is 6.54 Å². The average molecular weight is 796 g/mol. The SMILES string of the molecule is CCCC(O)C(C)NC(=O)c1ccc(-c2cc(C(=O)NC3CC3CC(C)(O)CNC(=O)c3ccc(-c4cc(C(=O)NC5CC5)cc(F)c4C)cc3)cc(F)c2C)nc1. The molecule has 2 aliphatic rings. The zero-order chi connectivity index (χ0) is 41.9. The lowest BCUT2D eigenvalue weighted by Crippen LogP contribution is -2.41. The molecule has 11 nitrogen and oxygen atoms in total. The lowest BCUT2D eigenvalue weighted by Gasteiger charge is -2.24. The summed E-state index contributed by atoms with van der Waals surface area (Å²) in [5.41, 5.74) is 2.32. The number of pyridine rings is 1. The highest BCUT2D eigenvalue weighted by atomic mass is 19.1. The smallest absolute Gasteiger partial charge is 0.253 e. The number of aromatic nitrogens is 1. The Hall–Kier alpha value is -5.53. The Morgan fingerprint density at radius 1 is 0.828 bits per heavy atom. The van der Waals surface area contributed by atoms with E-state index in [1.165, 1.54) is 18.3 Å². The maximum atomic E-state index is 15.1. The van der Waals surface area contributed by atoms with Crippen molar-refractivity contribution < 1.29 is 38.2 Å². The van der Waals surface area contributed by atoms with Gasteiger partial charge in [0.05, 0.1) is 29.0 Å². The third kappa shape index (κ3) is 10.3. The van der Waals surface area contributed by atoms with Gasteiger partial charge in [0.15, 0.2) is 0 Å².